The first-order valence-electron chi connectivity index (χ1n) is 7.95. The van der Waals surface area contributed by atoms with E-state index >= 15 is 0 Å². The van der Waals surface area contributed by atoms with Gasteiger partial charge < -0.3 is 15.5 Å². The summed E-state index contributed by atoms with van der Waals surface area (Å²) in [5.74, 6) is 0. The molecule has 0 saturated carbocycles. The van der Waals surface area contributed by atoms with Gasteiger partial charge in [-0.2, -0.15) is 0 Å². The number of nitrogens with zero attached hydrogens (tertiary/aromatic N) is 1. The normalized spacial score (nSPS) is 10.2. The van der Waals surface area contributed by atoms with Gasteiger partial charge in [-0.15, -0.1) is 0 Å². The number of nitrogens with one attached hydrogen (secondary N) is 2. The zero-order chi connectivity index (χ0) is 16.7. The quantitative estimate of drug-likeness (QED) is 0.793. The second-order valence-electron chi connectivity index (χ2n) is 5.76. The molecule has 4 nitrogen and oxygen atoms in total. The number of para-hydroxylation sites is 2. The Hall–Kier alpha value is -2.49. The van der Waals surface area contributed by atoms with Crippen LogP contribution in [0.1, 0.15) is 17.5 Å². The van der Waals surface area contributed by atoms with E-state index in [2.05, 4.69) is 34.7 Å². The maximum Gasteiger partial charge on any atom is 0.319 e. The highest BCUT2D eigenvalue weighted by atomic mass is 16.2. The summed E-state index contributed by atoms with van der Waals surface area (Å²) in [6, 6.07) is 16.1. The van der Waals surface area contributed by atoms with E-state index in [-0.39, 0.29) is 6.03 Å². The van der Waals surface area contributed by atoms with Crippen LogP contribution in [0.5, 0.6) is 0 Å². The van der Waals surface area contributed by atoms with Crippen molar-refractivity contribution in [3.63, 3.8) is 0 Å². The van der Waals surface area contributed by atoms with Crippen molar-refractivity contribution in [1.82, 2.24) is 5.32 Å². The molecule has 2 rings (SSSR count). The highest BCUT2D eigenvalue weighted by Gasteiger charge is 2.06. The Labute approximate surface area is 138 Å². The molecule has 0 fully saturated rings. The highest BCUT2D eigenvalue weighted by molar-refractivity contribution is 5.90. The van der Waals surface area contributed by atoms with Gasteiger partial charge in [0.25, 0.3) is 0 Å². The van der Waals surface area contributed by atoms with Crippen molar-refractivity contribution in [1.29, 1.82) is 0 Å². The topological polar surface area (TPSA) is 44.4 Å². The van der Waals surface area contributed by atoms with E-state index in [1.165, 1.54) is 5.69 Å². The molecule has 0 aliphatic rings. The molecular weight excluding hydrogens is 286 g/mol. The summed E-state index contributed by atoms with van der Waals surface area (Å²) in [6.45, 7) is 5.54. The van der Waals surface area contributed by atoms with Crippen molar-refractivity contribution < 1.29 is 4.79 Å². The van der Waals surface area contributed by atoms with E-state index in [1.54, 1.807) is 0 Å². The Morgan fingerprint density at radius 1 is 1.00 bits per heavy atom. The van der Waals surface area contributed by atoms with Crippen LogP contribution in [0.3, 0.4) is 0 Å². The maximum atomic E-state index is 12.0. The predicted octanol–water partition coefficient (Wildman–Crippen LogP) is 3.95. The van der Waals surface area contributed by atoms with Gasteiger partial charge in [-0.25, -0.2) is 4.79 Å². The number of carbonyl (C=O) groups is 1. The molecule has 2 aromatic carbocycles. The van der Waals surface area contributed by atoms with Crippen LogP contribution in [-0.2, 0) is 0 Å². The molecule has 0 aliphatic carbocycles. The molecule has 0 spiro atoms. The molecule has 0 saturated heterocycles. The zero-order valence-electron chi connectivity index (χ0n) is 14.1. The summed E-state index contributed by atoms with van der Waals surface area (Å²) in [4.78, 5) is 14.2. The van der Waals surface area contributed by atoms with E-state index in [1.807, 2.05) is 50.2 Å². The first kappa shape index (κ1) is 16.9. The fraction of sp³-hybridized carbons (Fsp3) is 0.316. The van der Waals surface area contributed by atoms with E-state index < -0.39 is 0 Å². The number of urea groups is 1. The number of amides is 2. The summed E-state index contributed by atoms with van der Waals surface area (Å²) < 4.78 is 0. The minimum Gasteiger partial charge on any atom is -0.375 e. The van der Waals surface area contributed by atoms with Crippen LogP contribution in [0.2, 0.25) is 0 Å². The van der Waals surface area contributed by atoms with Crippen LogP contribution in [0.15, 0.2) is 48.5 Å². The van der Waals surface area contributed by atoms with E-state index in [4.69, 9.17) is 0 Å². The third kappa shape index (κ3) is 5.02. The minimum absolute atomic E-state index is 0.148. The van der Waals surface area contributed by atoms with E-state index in [0.29, 0.717) is 6.54 Å². The Balaban J connectivity index is 1.73. The number of rotatable bonds is 6. The molecule has 0 aliphatic heterocycles. The third-order valence-corrected chi connectivity index (χ3v) is 3.87. The van der Waals surface area contributed by atoms with E-state index in [0.717, 1.165) is 29.8 Å². The van der Waals surface area contributed by atoms with Crippen molar-refractivity contribution in [2.75, 3.05) is 30.4 Å². The molecule has 2 aromatic rings. The summed E-state index contributed by atoms with van der Waals surface area (Å²) in [5, 5.41) is 5.85. The molecule has 0 aromatic heterocycles. The van der Waals surface area contributed by atoms with Crippen molar-refractivity contribution in [2.45, 2.75) is 20.3 Å². The second kappa shape index (κ2) is 8.22. The molecule has 2 N–H and O–H groups in total. The molecule has 0 radical (unpaired) electrons. The zero-order valence-corrected chi connectivity index (χ0v) is 14.1. The van der Waals surface area contributed by atoms with Gasteiger partial charge in [-0.1, -0.05) is 36.4 Å². The molecule has 23 heavy (non-hydrogen) atoms. The van der Waals surface area contributed by atoms with Crippen LogP contribution in [0.25, 0.3) is 0 Å². The van der Waals surface area contributed by atoms with Gasteiger partial charge >= 0.3 is 6.03 Å². The fourth-order valence-corrected chi connectivity index (χ4v) is 2.50. The van der Waals surface area contributed by atoms with Crippen LogP contribution in [0, 0.1) is 13.8 Å². The highest BCUT2D eigenvalue weighted by Crippen LogP contribution is 2.19. The monoisotopic (exact) mass is 311 g/mol. The largest absolute Gasteiger partial charge is 0.375 e. The van der Waals surface area contributed by atoms with Gasteiger partial charge in [0.2, 0.25) is 0 Å². The van der Waals surface area contributed by atoms with Crippen LogP contribution in [0.4, 0.5) is 16.2 Å². The average Bonchev–Trinajstić information content (AvgIpc) is 2.56. The average molecular weight is 311 g/mol. The maximum absolute atomic E-state index is 12.0. The smallest absolute Gasteiger partial charge is 0.319 e. The summed E-state index contributed by atoms with van der Waals surface area (Å²) in [6.07, 6.45) is 0.894. The Kier molecular flexibility index (Phi) is 6.03. The summed E-state index contributed by atoms with van der Waals surface area (Å²) in [5.41, 5.74) is 4.23. The van der Waals surface area contributed by atoms with Gasteiger partial charge in [0, 0.05) is 31.5 Å². The lowest BCUT2D eigenvalue weighted by atomic mass is 10.1. The minimum atomic E-state index is -0.148. The van der Waals surface area contributed by atoms with Gasteiger partial charge in [-0.3, -0.25) is 0 Å². The molecule has 0 unspecified atom stereocenters. The summed E-state index contributed by atoms with van der Waals surface area (Å²) >= 11 is 0. The van der Waals surface area contributed by atoms with E-state index in [9.17, 15) is 4.79 Å². The van der Waals surface area contributed by atoms with Crippen molar-refractivity contribution in [3.8, 4) is 0 Å². The lowest BCUT2D eigenvalue weighted by Crippen LogP contribution is -2.32. The predicted molar refractivity (Wildman–Crippen MR) is 97.3 cm³/mol. The van der Waals surface area contributed by atoms with Gasteiger partial charge in [0.1, 0.15) is 0 Å². The third-order valence-electron chi connectivity index (χ3n) is 3.87. The van der Waals surface area contributed by atoms with Crippen LogP contribution >= 0.6 is 0 Å². The van der Waals surface area contributed by atoms with Gasteiger partial charge in [0.05, 0.1) is 0 Å². The number of aryl methyl sites for hydroxylation is 2. The Morgan fingerprint density at radius 2 is 1.65 bits per heavy atom. The van der Waals surface area contributed by atoms with Crippen LogP contribution in [-0.4, -0.2) is 26.2 Å². The molecule has 4 heteroatoms. The van der Waals surface area contributed by atoms with Gasteiger partial charge in [-0.05, 0) is 43.5 Å². The second-order valence-corrected chi connectivity index (χ2v) is 5.76. The lowest BCUT2D eigenvalue weighted by molar-refractivity contribution is 0.252. The lowest BCUT2D eigenvalue weighted by Gasteiger charge is -2.19. The first-order valence-corrected chi connectivity index (χ1v) is 7.95. The number of hydrogen-bond donors (Lipinski definition) is 2. The molecule has 2 amide bonds. The SMILES string of the molecule is Cc1cccc(C)c1NC(=O)NCCCN(C)c1ccccc1. The number of hydrogen-bond acceptors (Lipinski definition) is 2. The van der Waals surface area contributed by atoms with Crippen molar-refractivity contribution >= 4 is 17.4 Å². The van der Waals surface area contributed by atoms with Crippen molar-refractivity contribution in [3.05, 3.63) is 59.7 Å². The number of carbonyl (C=O) groups excluding carboxylic acids is 1. The number of anilines is 2. The molecule has 0 heterocycles. The van der Waals surface area contributed by atoms with Gasteiger partial charge in [0.15, 0.2) is 0 Å². The molecule has 122 valence electrons. The molecule has 0 bridgehead atoms. The number of benzene rings is 2. The standard InChI is InChI=1S/C19H25N3O/c1-15-9-7-10-16(2)18(15)21-19(23)20-13-8-14-22(3)17-11-5-4-6-12-17/h4-7,9-12H,8,13-14H2,1-3H3,(H2,20,21,23). The Bertz CT molecular complexity index is 620. The van der Waals surface area contributed by atoms with Crippen molar-refractivity contribution in [2.24, 2.45) is 0 Å². The fourth-order valence-electron chi connectivity index (χ4n) is 2.50. The molecule has 0 atom stereocenters. The van der Waals surface area contributed by atoms with Crippen LogP contribution < -0.4 is 15.5 Å². The summed E-state index contributed by atoms with van der Waals surface area (Å²) in [7, 11) is 2.06. The molecular formula is C19H25N3O. The Morgan fingerprint density at radius 3 is 2.30 bits per heavy atom. The first-order chi connectivity index (χ1) is 11.1.